The summed E-state index contributed by atoms with van der Waals surface area (Å²) in [4.78, 5) is 27.4. The Morgan fingerprint density at radius 1 is 0.879 bits per heavy atom. The van der Waals surface area contributed by atoms with Crippen molar-refractivity contribution in [1.29, 1.82) is 0 Å². The molecular weight excluding hydrogens is 432 g/mol. The number of unbranched alkanes of at least 4 members (excludes halogenated alkanes) is 2. The smallest absolute Gasteiger partial charge is 0.284 e. The molecule has 33 heavy (non-hydrogen) atoms. The molecule has 0 N–H and O–H groups in total. The Labute approximate surface area is 203 Å². The van der Waals surface area contributed by atoms with Crippen LogP contribution in [0.1, 0.15) is 91.3 Å². The molecule has 0 aliphatic rings. The Morgan fingerprint density at radius 3 is 2.00 bits per heavy atom. The molecule has 0 heterocycles. The molecule has 2 aromatic carbocycles. The maximum absolute atomic E-state index is 13.8. The van der Waals surface area contributed by atoms with Gasteiger partial charge >= 0.3 is 0 Å². The lowest BCUT2D eigenvalue weighted by molar-refractivity contribution is -0.00310. The Balaban J connectivity index is 2.45. The second-order valence-electron chi connectivity index (χ2n) is 9.40. The zero-order valence-electron chi connectivity index (χ0n) is 21.1. The average Bonchev–Trinajstić information content (AvgIpc) is 2.76. The van der Waals surface area contributed by atoms with Gasteiger partial charge in [0.1, 0.15) is 12.2 Å². The van der Waals surface area contributed by atoms with Crippen LogP contribution in [0.3, 0.4) is 0 Å². The van der Waals surface area contributed by atoms with Gasteiger partial charge in [-0.2, -0.15) is 4.41 Å². The van der Waals surface area contributed by atoms with Crippen molar-refractivity contribution in [2.75, 3.05) is 6.61 Å². The van der Waals surface area contributed by atoms with Gasteiger partial charge in [-0.1, -0.05) is 56.0 Å². The molecule has 0 saturated heterocycles. The molecule has 0 aromatic heterocycles. The van der Waals surface area contributed by atoms with E-state index in [1.54, 1.807) is 0 Å². The predicted octanol–water partition coefficient (Wildman–Crippen LogP) is 6.93. The Kier molecular flexibility index (Phi) is 9.99. The van der Waals surface area contributed by atoms with Crippen LogP contribution in [-0.2, 0) is 10.6 Å². The van der Waals surface area contributed by atoms with Gasteiger partial charge in [-0.25, -0.2) is 5.01 Å². The van der Waals surface area contributed by atoms with Crippen LogP contribution in [0.4, 0.5) is 0 Å². The number of rotatable bonds is 9. The molecule has 0 saturated carbocycles. The average molecular weight is 471 g/mol. The molecule has 5 nitrogen and oxygen atoms in total. The molecule has 0 aliphatic heterocycles. The van der Waals surface area contributed by atoms with Crippen LogP contribution in [-0.4, -0.2) is 33.4 Å². The third kappa shape index (κ3) is 7.61. The summed E-state index contributed by atoms with van der Waals surface area (Å²) in [5.41, 5.74) is 3.56. The van der Waals surface area contributed by atoms with Crippen molar-refractivity contribution in [1.82, 2.24) is 9.42 Å². The molecular formula is C27H38N2O3S. The summed E-state index contributed by atoms with van der Waals surface area (Å²) in [7, 11) is 0. The maximum atomic E-state index is 13.8. The fraction of sp³-hybridized carbons (Fsp3) is 0.481. The van der Waals surface area contributed by atoms with Crippen molar-refractivity contribution in [2.45, 2.75) is 79.7 Å². The number of hydrogen-bond acceptors (Lipinski definition) is 4. The summed E-state index contributed by atoms with van der Waals surface area (Å²) in [5, 5.41) is 1.52. The second kappa shape index (κ2) is 12.2. The van der Waals surface area contributed by atoms with Crippen LogP contribution in [0.25, 0.3) is 0 Å². The van der Waals surface area contributed by atoms with E-state index in [4.69, 9.17) is 4.18 Å². The highest BCUT2D eigenvalue weighted by Gasteiger charge is 2.37. The van der Waals surface area contributed by atoms with Gasteiger partial charge in [0.05, 0.1) is 12.1 Å². The van der Waals surface area contributed by atoms with E-state index in [1.165, 1.54) is 9.42 Å². The largest absolute Gasteiger partial charge is 0.295 e. The highest BCUT2D eigenvalue weighted by molar-refractivity contribution is 7.92. The Morgan fingerprint density at radius 2 is 1.48 bits per heavy atom. The quantitative estimate of drug-likeness (QED) is 0.172. The van der Waals surface area contributed by atoms with Crippen LogP contribution in [0.5, 0.6) is 0 Å². The molecule has 2 aromatic rings. The number of carbonyl (C=O) groups excluding carboxylic acids is 2. The van der Waals surface area contributed by atoms with Gasteiger partial charge < -0.3 is 0 Å². The number of carbonyl (C=O) groups is 2. The number of benzene rings is 2. The van der Waals surface area contributed by atoms with Gasteiger partial charge in [-0.05, 0) is 77.3 Å². The normalized spacial score (nSPS) is 11.4. The molecule has 0 bridgehead atoms. The van der Waals surface area contributed by atoms with Crippen LogP contribution in [0.2, 0.25) is 0 Å². The molecule has 0 spiro atoms. The monoisotopic (exact) mass is 470 g/mol. The van der Waals surface area contributed by atoms with Crippen LogP contribution in [0, 0.1) is 13.8 Å². The molecule has 2 rings (SSSR count). The van der Waals surface area contributed by atoms with Crippen molar-refractivity contribution in [3.8, 4) is 0 Å². The van der Waals surface area contributed by atoms with Gasteiger partial charge in [-0.15, -0.1) is 0 Å². The molecule has 0 radical (unpaired) electrons. The zero-order valence-corrected chi connectivity index (χ0v) is 21.9. The summed E-state index contributed by atoms with van der Waals surface area (Å²) in [5.74, 6) is -0.525. The summed E-state index contributed by atoms with van der Waals surface area (Å²) in [6.07, 6.45) is 3.93. The van der Waals surface area contributed by atoms with E-state index >= 15 is 0 Å². The van der Waals surface area contributed by atoms with Crippen molar-refractivity contribution in [3.63, 3.8) is 0 Å². The summed E-state index contributed by atoms with van der Waals surface area (Å²) < 4.78 is 7.20. The van der Waals surface area contributed by atoms with E-state index in [9.17, 15) is 9.59 Å². The minimum atomic E-state index is -0.659. The van der Waals surface area contributed by atoms with E-state index < -0.39 is 5.54 Å². The Bertz CT molecular complexity index is 915. The van der Waals surface area contributed by atoms with E-state index in [1.807, 2.05) is 77.1 Å². The minimum absolute atomic E-state index is 0.238. The van der Waals surface area contributed by atoms with Gasteiger partial charge in [0.25, 0.3) is 11.8 Å². The van der Waals surface area contributed by atoms with Gasteiger partial charge in [0.2, 0.25) is 0 Å². The van der Waals surface area contributed by atoms with Crippen molar-refractivity contribution in [2.24, 2.45) is 0 Å². The lowest BCUT2D eigenvalue weighted by Gasteiger charge is -2.41. The topological polar surface area (TPSA) is 49.9 Å². The first kappa shape index (κ1) is 26.9. The van der Waals surface area contributed by atoms with Crippen LogP contribution in [0.15, 0.2) is 42.5 Å². The second-order valence-corrected chi connectivity index (χ2v) is 10.1. The summed E-state index contributed by atoms with van der Waals surface area (Å²) in [6.45, 7) is 14.4. The SMILES string of the molecule is CCCCCOSN(C(=O)c1ccc(CC)cc1)N(C(=O)c1cc(C)cc(C)c1)C(C)(C)C. The van der Waals surface area contributed by atoms with Gasteiger partial charge in [0.15, 0.2) is 0 Å². The standard InChI is InChI=1S/C27H38N2O3S/c1-8-10-11-16-32-33-29(26(31)23-14-12-22(9-2)13-15-23)28(27(5,6)7)25(30)24-18-20(3)17-21(4)19-24/h12-15,17-19H,8-11,16H2,1-7H3. The number of nitrogens with zero attached hydrogens (tertiary/aromatic N) is 2. The number of aryl methyl sites for hydroxylation is 3. The molecule has 0 fully saturated rings. The van der Waals surface area contributed by atoms with E-state index in [0.29, 0.717) is 17.7 Å². The van der Waals surface area contributed by atoms with Crippen molar-refractivity contribution >= 4 is 24.0 Å². The summed E-state index contributed by atoms with van der Waals surface area (Å²) >= 11 is 0.940. The Hall–Kier alpha value is -2.31. The highest BCUT2D eigenvalue weighted by Crippen LogP contribution is 2.29. The molecule has 6 heteroatoms. The molecule has 2 amide bonds. The number of amides is 2. The fourth-order valence-electron chi connectivity index (χ4n) is 3.53. The zero-order chi connectivity index (χ0) is 24.6. The number of hydrazine groups is 1. The van der Waals surface area contributed by atoms with Crippen molar-refractivity contribution < 1.29 is 13.8 Å². The first-order valence-corrected chi connectivity index (χ1v) is 12.4. The molecule has 0 atom stereocenters. The lowest BCUT2D eigenvalue weighted by Crippen LogP contribution is -2.55. The highest BCUT2D eigenvalue weighted by atomic mass is 32.2. The third-order valence-corrected chi connectivity index (χ3v) is 5.96. The van der Waals surface area contributed by atoms with E-state index in [0.717, 1.165) is 54.6 Å². The lowest BCUT2D eigenvalue weighted by atomic mass is 10.0. The first-order valence-electron chi connectivity index (χ1n) is 11.7. The van der Waals surface area contributed by atoms with Gasteiger partial charge in [0, 0.05) is 11.1 Å². The van der Waals surface area contributed by atoms with Crippen molar-refractivity contribution in [3.05, 3.63) is 70.3 Å². The first-order chi connectivity index (χ1) is 15.6. The summed E-state index contributed by atoms with van der Waals surface area (Å²) in [6, 6.07) is 13.3. The third-order valence-electron chi connectivity index (χ3n) is 5.22. The van der Waals surface area contributed by atoms with Gasteiger partial charge in [-0.3, -0.25) is 13.8 Å². The maximum Gasteiger partial charge on any atom is 0.284 e. The fourth-order valence-corrected chi connectivity index (χ4v) is 4.38. The molecule has 180 valence electrons. The minimum Gasteiger partial charge on any atom is -0.295 e. The molecule has 0 unspecified atom stereocenters. The predicted molar refractivity (Wildman–Crippen MR) is 137 cm³/mol. The van der Waals surface area contributed by atoms with Crippen LogP contribution >= 0.6 is 12.2 Å². The van der Waals surface area contributed by atoms with E-state index in [-0.39, 0.29) is 11.8 Å². The number of hydrogen-bond donors (Lipinski definition) is 0. The van der Waals surface area contributed by atoms with E-state index in [2.05, 4.69) is 13.8 Å². The molecule has 0 aliphatic carbocycles. The van der Waals surface area contributed by atoms with Crippen LogP contribution < -0.4 is 0 Å².